The van der Waals surface area contributed by atoms with Gasteiger partial charge >= 0.3 is 0 Å². The van der Waals surface area contributed by atoms with Crippen LogP contribution in [0.5, 0.6) is 0 Å². The van der Waals surface area contributed by atoms with Crippen LogP contribution in [0.2, 0.25) is 0 Å². The predicted molar refractivity (Wildman–Crippen MR) is 82.2 cm³/mol. The molecule has 0 fully saturated rings. The smallest absolute Gasteiger partial charge is 0.256 e. The van der Waals surface area contributed by atoms with Crippen molar-refractivity contribution < 1.29 is 4.79 Å². The molecule has 2 N–H and O–H groups in total. The van der Waals surface area contributed by atoms with Crippen molar-refractivity contribution in [2.24, 2.45) is 0 Å². The minimum Gasteiger partial charge on any atom is -0.361 e. The Labute approximate surface area is 117 Å². The lowest BCUT2D eigenvalue weighted by atomic mass is 10.1. The lowest BCUT2D eigenvalue weighted by molar-refractivity contribution is 0.102. The van der Waals surface area contributed by atoms with Crippen LogP contribution in [0, 0.1) is 13.8 Å². The quantitative estimate of drug-likeness (QED) is 0.721. The number of carbonyl (C=O) groups is 1. The number of nitrogens with one attached hydrogen (secondary N) is 2. The summed E-state index contributed by atoms with van der Waals surface area (Å²) in [6, 6.07) is 13.7. The Balaban J connectivity index is 1.97. The van der Waals surface area contributed by atoms with Gasteiger partial charge in [0, 0.05) is 28.4 Å². The lowest BCUT2D eigenvalue weighted by Crippen LogP contribution is -2.13. The number of hydrogen-bond acceptors (Lipinski definition) is 1. The summed E-state index contributed by atoms with van der Waals surface area (Å²) in [7, 11) is 0. The van der Waals surface area contributed by atoms with Crippen molar-refractivity contribution in [3.05, 3.63) is 65.4 Å². The van der Waals surface area contributed by atoms with Crippen LogP contribution in [-0.4, -0.2) is 10.9 Å². The van der Waals surface area contributed by atoms with Crippen LogP contribution in [0.3, 0.4) is 0 Å². The topological polar surface area (TPSA) is 44.9 Å². The zero-order chi connectivity index (χ0) is 14.1. The zero-order valence-electron chi connectivity index (χ0n) is 11.5. The van der Waals surface area contributed by atoms with Crippen molar-refractivity contribution in [2.75, 3.05) is 5.32 Å². The van der Waals surface area contributed by atoms with E-state index in [9.17, 15) is 4.79 Å². The molecule has 0 aliphatic rings. The van der Waals surface area contributed by atoms with Gasteiger partial charge < -0.3 is 10.3 Å². The van der Waals surface area contributed by atoms with E-state index in [0.717, 1.165) is 27.7 Å². The molecule has 0 unspecified atom stereocenters. The van der Waals surface area contributed by atoms with Crippen LogP contribution < -0.4 is 5.32 Å². The Morgan fingerprint density at radius 1 is 1.10 bits per heavy atom. The van der Waals surface area contributed by atoms with Gasteiger partial charge in [0.05, 0.1) is 0 Å². The zero-order valence-corrected chi connectivity index (χ0v) is 11.5. The molecule has 0 saturated carbocycles. The fourth-order valence-corrected chi connectivity index (χ4v) is 2.34. The Morgan fingerprint density at radius 2 is 1.95 bits per heavy atom. The number of aromatic amines is 1. The Morgan fingerprint density at radius 3 is 2.80 bits per heavy atom. The summed E-state index contributed by atoms with van der Waals surface area (Å²) in [6.45, 7) is 4.01. The number of H-pyrrole nitrogens is 1. The van der Waals surface area contributed by atoms with Crippen LogP contribution in [0.15, 0.2) is 48.7 Å². The number of carbonyl (C=O) groups excluding carboxylic acids is 1. The van der Waals surface area contributed by atoms with Gasteiger partial charge in [-0.1, -0.05) is 18.2 Å². The monoisotopic (exact) mass is 264 g/mol. The summed E-state index contributed by atoms with van der Waals surface area (Å²) in [5, 5.41) is 3.94. The number of rotatable bonds is 2. The number of anilines is 1. The molecular weight excluding hydrogens is 248 g/mol. The molecule has 100 valence electrons. The fraction of sp³-hybridized carbons (Fsp3) is 0.118. The molecule has 0 radical (unpaired) electrons. The molecule has 0 spiro atoms. The van der Waals surface area contributed by atoms with Gasteiger partial charge in [-0.05, 0) is 49.2 Å². The largest absolute Gasteiger partial charge is 0.361 e. The average Bonchev–Trinajstić information content (AvgIpc) is 2.91. The van der Waals surface area contributed by atoms with E-state index in [4.69, 9.17) is 0 Å². The van der Waals surface area contributed by atoms with Gasteiger partial charge in [-0.25, -0.2) is 0 Å². The molecule has 3 rings (SSSR count). The molecular formula is C17H16N2O. The standard InChI is InChI=1S/C17H16N2O/c1-11-6-7-12(2)16(10-11)19-17(20)14-4-3-5-15-13(14)8-9-18-15/h3-10,18H,1-2H3,(H,19,20). The third-order valence-corrected chi connectivity index (χ3v) is 3.48. The fourth-order valence-electron chi connectivity index (χ4n) is 2.34. The maximum Gasteiger partial charge on any atom is 0.256 e. The highest BCUT2D eigenvalue weighted by atomic mass is 16.1. The van der Waals surface area contributed by atoms with Crippen LogP contribution in [-0.2, 0) is 0 Å². The summed E-state index contributed by atoms with van der Waals surface area (Å²) in [4.78, 5) is 15.6. The molecule has 3 aromatic rings. The van der Waals surface area contributed by atoms with Crippen molar-refractivity contribution in [1.82, 2.24) is 4.98 Å². The number of amides is 1. The number of benzene rings is 2. The molecule has 1 amide bonds. The van der Waals surface area contributed by atoms with Crippen molar-refractivity contribution in [2.45, 2.75) is 13.8 Å². The summed E-state index contributed by atoms with van der Waals surface area (Å²) in [5.41, 5.74) is 4.71. The number of aromatic nitrogens is 1. The van der Waals surface area contributed by atoms with Crippen molar-refractivity contribution >= 4 is 22.5 Å². The molecule has 0 aliphatic carbocycles. The van der Waals surface area contributed by atoms with Gasteiger partial charge in [0.1, 0.15) is 0 Å². The van der Waals surface area contributed by atoms with E-state index in [1.54, 1.807) is 0 Å². The maximum atomic E-state index is 12.5. The molecule has 0 aliphatic heterocycles. The molecule has 2 aromatic carbocycles. The minimum atomic E-state index is -0.0797. The first kappa shape index (κ1) is 12.5. The average molecular weight is 264 g/mol. The highest BCUT2D eigenvalue weighted by Gasteiger charge is 2.11. The highest BCUT2D eigenvalue weighted by molar-refractivity contribution is 6.12. The first-order valence-electron chi connectivity index (χ1n) is 6.60. The second kappa shape index (κ2) is 4.85. The molecule has 3 nitrogen and oxygen atoms in total. The van der Waals surface area contributed by atoms with Gasteiger partial charge in [0.15, 0.2) is 0 Å². The SMILES string of the molecule is Cc1ccc(C)c(NC(=O)c2cccc3[nH]ccc23)c1. The maximum absolute atomic E-state index is 12.5. The van der Waals surface area contributed by atoms with Crippen LogP contribution in [0.25, 0.3) is 10.9 Å². The van der Waals surface area contributed by atoms with Gasteiger partial charge in [0.25, 0.3) is 5.91 Å². The van der Waals surface area contributed by atoms with E-state index in [1.807, 2.05) is 62.5 Å². The first-order chi connectivity index (χ1) is 9.65. The summed E-state index contributed by atoms with van der Waals surface area (Å²) in [5.74, 6) is -0.0797. The Kier molecular flexibility index (Phi) is 3.03. The third-order valence-electron chi connectivity index (χ3n) is 3.48. The first-order valence-corrected chi connectivity index (χ1v) is 6.60. The minimum absolute atomic E-state index is 0.0797. The van der Waals surface area contributed by atoms with E-state index < -0.39 is 0 Å². The molecule has 0 saturated heterocycles. The molecule has 20 heavy (non-hydrogen) atoms. The molecule has 0 bridgehead atoms. The Hall–Kier alpha value is -2.55. The van der Waals surface area contributed by atoms with E-state index in [-0.39, 0.29) is 5.91 Å². The van der Waals surface area contributed by atoms with Gasteiger partial charge in [0.2, 0.25) is 0 Å². The second-order valence-corrected chi connectivity index (χ2v) is 5.02. The van der Waals surface area contributed by atoms with Crippen LogP contribution in [0.4, 0.5) is 5.69 Å². The highest BCUT2D eigenvalue weighted by Crippen LogP contribution is 2.21. The molecule has 0 atom stereocenters. The normalized spacial score (nSPS) is 10.7. The van der Waals surface area contributed by atoms with E-state index >= 15 is 0 Å². The van der Waals surface area contributed by atoms with E-state index in [2.05, 4.69) is 10.3 Å². The van der Waals surface area contributed by atoms with Crippen LogP contribution in [0.1, 0.15) is 21.5 Å². The number of fused-ring (bicyclic) bond motifs is 1. The van der Waals surface area contributed by atoms with E-state index in [1.165, 1.54) is 0 Å². The van der Waals surface area contributed by atoms with Gasteiger partial charge in [-0.3, -0.25) is 4.79 Å². The van der Waals surface area contributed by atoms with Crippen LogP contribution >= 0.6 is 0 Å². The molecule has 3 heteroatoms. The lowest BCUT2D eigenvalue weighted by Gasteiger charge is -2.10. The number of aryl methyl sites for hydroxylation is 2. The summed E-state index contributed by atoms with van der Waals surface area (Å²) < 4.78 is 0. The van der Waals surface area contributed by atoms with Crippen molar-refractivity contribution in [1.29, 1.82) is 0 Å². The predicted octanol–water partition coefficient (Wildman–Crippen LogP) is 4.04. The van der Waals surface area contributed by atoms with Crippen molar-refractivity contribution in [3.8, 4) is 0 Å². The van der Waals surface area contributed by atoms with E-state index in [0.29, 0.717) is 5.56 Å². The second-order valence-electron chi connectivity index (χ2n) is 5.02. The Bertz CT molecular complexity index is 787. The van der Waals surface area contributed by atoms with Crippen molar-refractivity contribution in [3.63, 3.8) is 0 Å². The summed E-state index contributed by atoms with van der Waals surface area (Å²) >= 11 is 0. The number of hydrogen-bond donors (Lipinski definition) is 2. The molecule has 1 heterocycles. The summed E-state index contributed by atoms with van der Waals surface area (Å²) in [6.07, 6.45) is 1.85. The third kappa shape index (κ3) is 2.18. The molecule has 1 aromatic heterocycles. The van der Waals surface area contributed by atoms with Gasteiger partial charge in [-0.2, -0.15) is 0 Å². The van der Waals surface area contributed by atoms with Gasteiger partial charge in [-0.15, -0.1) is 0 Å².